The van der Waals surface area contributed by atoms with Gasteiger partial charge < -0.3 is 9.47 Å². The minimum atomic E-state index is -0.392. The summed E-state index contributed by atoms with van der Waals surface area (Å²) in [5.41, 5.74) is 3.66. The smallest absolute Gasteiger partial charge is 0.293 e. The van der Waals surface area contributed by atoms with Crippen LogP contribution in [0.15, 0.2) is 65.6 Å². The Kier molecular flexibility index (Phi) is 8.85. The molecule has 0 aliphatic carbocycles. The Morgan fingerprint density at radius 2 is 1.76 bits per heavy atom. The van der Waals surface area contributed by atoms with Crippen molar-refractivity contribution in [3.63, 3.8) is 0 Å². The summed E-state index contributed by atoms with van der Waals surface area (Å²) in [6.07, 6.45) is 1.60. The molecule has 0 atom stereocenters. The van der Waals surface area contributed by atoms with Gasteiger partial charge in [-0.05, 0) is 65.6 Å². The van der Waals surface area contributed by atoms with Crippen LogP contribution in [-0.2, 0) is 11.4 Å². The number of hydrogen-bond donors (Lipinski definition) is 0. The van der Waals surface area contributed by atoms with Gasteiger partial charge in [-0.25, -0.2) is 0 Å². The minimum absolute atomic E-state index is 0.140. The van der Waals surface area contributed by atoms with E-state index < -0.39 is 5.91 Å². The van der Waals surface area contributed by atoms with Crippen LogP contribution in [0, 0.1) is 6.92 Å². The van der Waals surface area contributed by atoms with Gasteiger partial charge in [-0.15, -0.1) is 0 Å². The zero-order valence-electron chi connectivity index (χ0n) is 20.8. The average molecular weight is 557 g/mol. The van der Waals surface area contributed by atoms with E-state index in [0.717, 1.165) is 34.2 Å². The summed E-state index contributed by atoms with van der Waals surface area (Å²) in [4.78, 5) is 27.2. The lowest BCUT2D eigenvalue weighted by Gasteiger charge is -2.17. The van der Waals surface area contributed by atoms with Crippen molar-refractivity contribution in [2.75, 3.05) is 13.2 Å². The van der Waals surface area contributed by atoms with Crippen LogP contribution in [0.1, 0.15) is 42.0 Å². The fourth-order valence-corrected chi connectivity index (χ4v) is 5.31. The molecule has 0 bridgehead atoms. The number of nitrogens with zero attached hydrogens (tertiary/aromatic N) is 1. The molecule has 2 amide bonds. The quantitative estimate of drug-likeness (QED) is 0.249. The average Bonchev–Trinajstić information content (AvgIpc) is 3.11. The van der Waals surface area contributed by atoms with Crippen molar-refractivity contribution in [2.45, 2.75) is 33.3 Å². The van der Waals surface area contributed by atoms with Crippen molar-refractivity contribution < 1.29 is 19.1 Å². The Hall–Kier alpha value is -2.93. The van der Waals surface area contributed by atoms with Gasteiger partial charge in [0.05, 0.1) is 16.5 Å². The summed E-state index contributed by atoms with van der Waals surface area (Å²) < 4.78 is 12.0. The lowest BCUT2D eigenvalue weighted by molar-refractivity contribution is -0.123. The fraction of sp³-hybridized carbons (Fsp3) is 0.241. The highest BCUT2D eigenvalue weighted by Crippen LogP contribution is 2.38. The first-order valence-electron chi connectivity index (χ1n) is 11.9. The number of imide groups is 1. The zero-order valence-corrected chi connectivity index (χ0v) is 23.1. The highest BCUT2D eigenvalue weighted by atomic mass is 35.5. The number of thioether (sulfide) groups is 1. The normalized spacial score (nSPS) is 14.6. The predicted molar refractivity (Wildman–Crippen MR) is 151 cm³/mol. The van der Waals surface area contributed by atoms with Gasteiger partial charge in [0, 0.05) is 10.6 Å². The Bertz CT molecular complexity index is 1340. The van der Waals surface area contributed by atoms with Gasteiger partial charge in [0.2, 0.25) is 0 Å². The molecule has 8 heteroatoms. The maximum atomic E-state index is 13.1. The number of halogens is 2. The Morgan fingerprint density at radius 3 is 2.49 bits per heavy atom. The number of amides is 2. The van der Waals surface area contributed by atoms with Crippen LogP contribution in [0.4, 0.5) is 4.79 Å². The SMILES string of the molecule is Cc1ccc(C(C)C)c(OCCN2C(=O)S/C(=C\c3cc(Cl)cc(Cl)c3OCc3ccccc3)C2=O)c1. The van der Waals surface area contributed by atoms with E-state index in [4.69, 9.17) is 32.7 Å². The second-order valence-electron chi connectivity index (χ2n) is 8.96. The van der Waals surface area contributed by atoms with Crippen LogP contribution in [-0.4, -0.2) is 29.2 Å². The van der Waals surface area contributed by atoms with Crippen LogP contribution in [0.2, 0.25) is 10.0 Å². The summed E-state index contributed by atoms with van der Waals surface area (Å²) in [5, 5.41) is 0.365. The van der Waals surface area contributed by atoms with Crippen molar-refractivity contribution in [3.05, 3.63) is 97.9 Å². The number of benzene rings is 3. The van der Waals surface area contributed by atoms with Crippen molar-refractivity contribution in [2.24, 2.45) is 0 Å². The molecule has 192 valence electrons. The van der Waals surface area contributed by atoms with Crippen LogP contribution in [0.3, 0.4) is 0 Å². The molecule has 0 spiro atoms. The van der Waals surface area contributed by atoms with E-state index in [0.29, 0.717) is 33.9 Å². The summed E-state index contributed by atoms with van der Waals surface area (Å²) in [6.45, 7) is 6.82. The lowest BCUT2D eigenvalue weighted by atomic mass is 10.0. The maximum Gasteiger partial charge on any atom is 0.293 e. The van der Waals surface area contributed by atoms with E-state index in [1.807, 2.05) is 55.5 Å². The molecule has 4 rings (SSSR count). The van der Waals surface area contributed by atoms with Gasteiger partial charge in [-0.2, -0.15) is 0 Å². The van der Waals surface area contributed by atoms with Crippen LogP contribution in [0.5, 0.6) is 11.5 Å². The van der Waals surface area contributed by atoms with Crippen molar-refractivity contribution in [1.82, 2.24) is 4.90 Å². The molecule has 1 fully saturated rings. The van der Waals surface area contributed by atoms with Gasteiger partial charge in [0.15, 0.2) is 0 Å². The molecule has 37 heavy (non-hydrogen) atoms. The monoisotopic (exact) mass is 555 g/mol. The van der Waals surface area contributed by atoms with Gasteiger partial charge in [-0.3, -0.25) is 14.5 Å². The molecule has 1 saturated heterocycles. The summed E-state index contributed by atoms with van der Waals surface area (Å²) in [5.74, 6) is 1.06. The lowest BCUT2D eigenvalue weighted by Crippen LogP contribution is -2.32. The van der Waals surface area contributed by atoms with Crippen molar-refractivity contribution >= 4 is 52.2 Å². The first kappa shape index (κ1) is 27.1. The second-order valence-corrected chi connectivity index (χ2v) is 10.8. The standard InChI is InChI=1S/C29H27Cl2NO4S/c1-18(2)23-10-9-19(3)13-25(23)35-12-11-32-28(33)26(37-29(32)34)15-21-14-22(30)16-24(31)27(21)36-17-20-7-5-4-6-8-20/h4-10,13-16,18H,11-12,17H2,1-3H3/b26-15-. The molecule has 3 aromatic carbocycles. The van der Waals surface area contributed by atoms with Gasteiger partial charge >= 0.3 is 0 Å². The highest BCUT2D eigenvalue weighted by Gasteiger charge is 2.35. The molecular formula is C29H27Cl2NO4S. The van der Waals surface area contributed by atoms with Gasteiger partial charge in [0.25, 0.3) is 11.1 Å². The summed E-state index contributed by atoms with van der Waals surface area (Å²) in [7, 11) is 0. The molecule has 0 N–H and O–H groups in total. The van der Waals surface area contributed by atoms with Crippen LogP contribution in [0.25, 0.3) is 6.08 Å². The van der Waals surface area contributed by atoms with E-state index in [1.165, 1.54) is 4.90 Å². The molecule has 1 aliphatic rings. The first-order chi connectivity index (χ1) is 17.7. The number of carbonyl (C=O) groups excluding carboxylic acids is 2. The van der Waals surface area contributed by atoms with E-state index >= 15 is 0 Å². The molecule has 0 aromatic heterocycles. The number of aryl methyl sites for hydroxylation is 1. The van der Waals surface area contributed by atoms with Gasteiger partial charge in [-0.1, -0.05) is 79.5 Å². The third kappa shape index (κ3) is 6.69. The molecule has 0 radical (unpaired) electrons. The largest absolute Gasteiger partial charge is 0.491 e. The summed E-state index contributed by atoms with van der Waals surface area (Å²) in [6, 6.07) is 19.0. The predicted octanol–water partition coefficient (Wildman–Crippen LogP) is 8.12. The second kappa shape index (κ2) is 12.1. The molecule has 5 nitrogen and oxygen atoms in total. The van der Waals surface area contributed by atoms with E-state index in [2.05, 4.69) is 13.8 Å². The molecule has 3 aromatic rings. The topological polar surface area (TPSA) is 55.8 Å². The molecule has 1 heterocycles. The number of carbonyl (C=O) groups is 2. The van der Waals surface area contributed by atoms with Crippen molar-refractivity contribution in [3.8, 4) is 11.5 Å². The van der Waals surface area contributed by atoms with E-state index in [1.54, 1.807) is 18.2 Å². The molecule has 1 aliphatic heterocycles. The Labute approximate surface area is 231 Å². The van der Waals surface area contributed by atoms with E-state index in [-0.39, 0.29) is 23.3 Å². The Morgan fingerprint density at radius 1 is 1.00 bits per heavy atom. The fourth-order valence-electron chi connectivity index (χ4n) is 3.89. The summed E-state index contributed by atoms with van der Waals surface area (Å²) >= 11 is 13.5. The van der Waals surface area contributed by atoms with Crippen LogP contribution < -0.4 is 9.47 Å². The molecule has 0 saturated carbocycles. The molecule has 0 unspecified atom stereocenters. The third-order valence-electron chi connectivity index (χ3n) is 5.79. The van der Waals surface area contributed by atoms with E-state index in [9.17, 15) is 9.59 Å². The van der Waals surface area contributed by atoms with Gasteiger partial charge in [0.1, 0.15) is 24.7 Å². The zero-order chi connectivity index (χ0) is 26.5. The first-order valence-corrected chi connectivity index (χ1v) is 13.4. The molecular weight excluding hydrogens is 529 g/mol. The minimum Gasteiger partial charge on any atom is -0.491 e. The van der Waals surface area contributed by atoms with Crippen molar-refractivity contribution in [1.29, 1.82) is 0 Å². The Balaban J connectivity index is 1.49. The number of hydrogen-bond acceptors (Lipinski definition) is 5. The number of ether oxygens (including phenoxy) is 2. The third-order valence-corrected chi connectivity index (χ3v) is 7.19. The number of rotatable bonds is 9. The maximum absolute atomic E-state index is 13.1. The van der Waals surface area contributed by atoms with Crippen LogP contribution >= 0.6 is 35.0 Å². The highest BCUT2D eigenvalue weighted by molar-refractivity contribution is 8.18.